The van der Waals surface area contributed by atoms with Gasteiger partial charge in [0.05, 0.1) is 0 Å². The highest BCUT2D eigenvalue weighted by Crippen LogP contribution is 2.28. The molecule has 174 valence electrons. The molecule has 1 heterocycles. The third-order valence-corrected chi connectivity index (χ3v) is 7.69. The maximum absolute atomic E-state index is 13.4. The summed E-state index contributed by atoms with van der Waals surface area (Å²) in [5.41, 5.74) is 1.50. The maximum Gasteiger partial charge on any atom is 0.246 e. The standard InChI is InChI=1S/C23H33N5O3S/c1-17(29)25-19-13-11-18(12-14-19)16-28(4)32(30,31)22-10-7-15-24-23(22)26-20-8-5-6-9-21(20)27(2)3/h7,10-15,20-21H,5-6,8-9,16H2,1-4H3,(H,24,26)(H,25,29). The molecular formula is C23H33N5O3S. The van der Waals surface area contributed by atoms with E-state index in [2.05, 4.69) is 34.6 Å². The molecule has 9 heteroatoms. The molecule has 2 unspecified atom stereocenters. The number of nitrogens with one attached hydrogen (secondary N) is 2. The van der Waals surface area contributed by atoms with Gasteiger partial charge in [-0.1, -0.05) is 25.0 Å². The molecule has 1 aromatic heterocycles. The lowest BCUT2D eigenvalue weighted by Crippen LogP contribution is -2.45. The van der Waals surface area contributed by atoms with Crippen molar-refractivity contribution >= 4 is 27.4 Å². The van der Waals surface area contributed by atoms with Crippen LogP contribution in [-0.2, 0) is 21.4 Å². The maximum atomic E-state index is 13.4. The van der Waals surface area contributed by atoms with Crippen molar-refractivity contribution in [2.75, 3.05) is 31.8 Å². The zero-order valence-electron chi connectivity index (χ0n) is 19.2. The van der Waals surface area contributed by atoms with Crippen molar-refractivity contribution in [1.29, 1.82) is 0 Å². The molecule has 1 aliphatic carbocycles. The first-order valence-corrected chi connectivity index (χ1v) is 12.3. The van der Waals surface area contributed by atoms with Crippen LogP contribution in [0.2, 0.25) is 0 Å². The smallest absolute Gasteiger partial charge is 0.246 e. The number of hydrogen-bond donors (Lipinski definition) is 2. The Morgan fingerprint density at radius 1 is 1.09 bits per heavy atom. The lowest BCUT2D eigenvalue weighted by atomic mass is 9.89. The minimum Gasteiger partial charge on any atom is -0.365 e. The van der Waals surface area contributed by atoms with Crippen LogP contribution >= 0.6 is 0 Å². The van der Waals surface area contributed by atoms with Crippen LogP contribution in [0.25, 0.3) is 0 Å². The van der Waals surface area contributed by atoms with Crippen molar-refractivity contribution in [2.24, 2.45) is 0 Å². The van der Waals surface area contributed by atoms with Crippen molar-refractivity contribution in [3.05, 3.63) is 48.2 Å². The van der Waals surface area contributed by atoms with Gasteiger partial charge in [-0.2, -0.15) is 4.31 Å². The normalized spacial score (nSPS) is 19.2. The Labute approximate surface area is 191 Å². The van der Waals surface area contributed by atoms with Crippen molar-refractivity contribution < 1.29 is 13.2 Å². The van der Waals surface area contributed by atoms with Gasteiger partial charge in [0.2, 0.25) is 15.9 Å². The molecule has 2 atom stereocenters. The van der Waals surface area contributed by atoms with Gasteiger partial charge in [-0.25, -0.2) is 13.4 Å². The fourth-order valence-electron chi connectivity index (χ4n) is 4.19. The Bertz CT molecular complexity index is 1020. The zero-order chi connectivity index (χ0) is 23.3. The Morgan fingerprint density at radius 2 is 1.78 bits per heavy atom. The number of aromatic nitrogens is 1. The number of pyridine rings is 1. The number of benzene rings is 1. The summed E-state index contributed by atoms with van der Waals surface area (Å²) in [5, 5.41) is 6.14. The summed E-state index contributed by atoms with van der Waals surface area (Å²) in [6.07, 6.45) is 5.97. The molecule has 0 spiro atoms. The fourth-order valence-corrected chi connectivity index (χ4v) is 5.45. The molecule has 2 aromatic rings. The summed E-state index contributed by atoms with van der Waals surface area (Å²) in [6, 6.07) is 10.9. The van der Waals surface area contributed by atoms with Crippen LogP contribution in [0.15, 0.2) is 47.5 Å². The van der Waals surface area contributed by atoms with Gasteiger partial charge < -0.3 is 15.5 Å². The second-order valence-corrected chi connectivity index (χ2v) is 10.6. The topological polar surface area (TPSA) is 94.6 Å². The molecule has 1 saturated carbocycles. The Balaban J connectivity index is 1.78. The van der Waals surface area contributed by atoms with Gasteiger partial charge >= 0.3 is 0 Å². The van der Waals surface area contributed by atoms with Gasteiger partial charge in [-0.15, -0.1) is 0 Å². The van der Waals surface area contributed by atoms with Gasteiger partial charge in [0.25, 0.3) is 0 Å². The van der Waals surface area contributed by atoms with E-state index in [1.165, 1.54) is 17.6 Å². The van der Waals surface area contributed by atoms with Crippen molar-refractivity contribution in [2.45, 2.75) is 56.1 Å². The average molecular weight is 460 g/mol. The molecule has 1 amide bonds. The summed E-state index contributed by atoms with van der Waals surface area (Å²) in [5.74, 6) is 0.252. The molecule has 0 aliphatic heterocycles. The highest BCUT2D eigenvalue weighted by Gasteiger charge is 2.30. The number of carbonyl (C=O) groups excluding carboxylic acids is 1. The number of sulfonamides is 1. The SMILES string of the molecule is CC(=O)Nc1ccc(CN(C)S(=O)(=O)c2cccnc2NC2CCCCC2N(C)C)cc1. The summed E-state index contributed by atoms with van der Waals surface area (Å²) in [7, 11) is 1.93. The Morgan fingerprint density at radius 3 is 2.44 bits per heavy atom. The van der Waals surface area contributed by atoms with Crippen LogP contribution < -0.4 is 10.6 Å². The van der Waals surface area contributed by atoms with Crippen LogP contribution in [0, 0.1) is 0 Å². The Hall–Kier alpha value is -2.49. The molecular weight excluding hydrogens is 426 g/mol. The van der Waals surface area contributed by atoms with E-state index in [1.54, 1.807) is 37.5 Å². The third-order valence-electron chi connectivity index (χ3n) is 5.85. The van der Waals surface area contributed by atoms with E-state index in [0.29, 0.717) is 17.5 Å². The molecule has 3 rings (SSSR count). The highest BCUT2D eigenvalue weighted by atomic mass is 32.2. The van der Waals surface area contributed by atoms with E-state index in [-0.39, 0.29) is 23.4 Å². The van der Waals surface area contributed by atoms with Crippen molar-refractivity contribution in [1.82, 2.24) is 14.2 Å². The minimum absolute atomic E-state index is 0.147. The number of likely N-dealkylation sites (N-methyl/N-ethyl adjacent to an activating group) is 1. The quantitative estimate of drug-likeness (QED) is 0.630. The van der Waals surface area contributed by atoms with E-state index in [0.717, 1.165) is 24.8 Å². The van der Waals surface area contributed by atoms with E-state index in [1.807, 2.05) is 12.1 Å². The molecule has 1 aromatic carbocycles. The number of nitrogens with zero attached hydrogens (tertiary/aromatic N) is 3. The van der Waals surface area contributed by atoms with Crippen LogP contribution in [0.4, 0.5) is 11.5 Å². The van der Waals surface area contributed by atoms with Crippen molar-refractivity contribution in [3.63, 3.8) is 0 Å². The molecule has 1 fully saturated rings. The average Bonchev–Trinajstić information content (AvgIpc) is 2.75. The number of anilines is 2. The van der Waals surface area contributed by atoms with E-state index in [4.69, 9.17) is 0 Å². The summed E-state index contributed by atoms with van der Waals surface area (Å²) in [6.45, 7) is 1.66. The summed E-state index contributed by atoms with van der Waals surface area (Å²) < 4.78 is 28.1. The van der Waals surface area contributed by atoms with Gasteiger partial charge in [0, 0.05) is 44.5 Å². The molecule has 32 heavy (non-hydrogen) atoms. The number of amides is 1. The predicted molar refractivity (Wildman–Crippen MR) is 127 cm³/mol. The predicted octanol–water partition coefficient (Wildman–Crippen LogP) is 3.15. The van der Waals surface area contributed by atoms with Crippen LogP contribution in [-0.4, -0.2) is 61.7 Å². The van der Waals surface area contributed by atoms with Crippen molar-refractivity contribution in [3.8, 4) is 0 Å². The number of rotatable bonds is 8. The second-order valence-electron chi connectivity index (χ2n) is 8.56. The van der Waals surface area contributed by atoms with Crippen LogP contribution in [0.1, 0.15) is 38.2 Å². The molecule has 0 bridgehead atoms. The molecule has 1 aliphatic rings. The Kier molecular flexibility index (Phi) is 7.86. The monoisotopic (exact) mass is 459 g/mol. The largest absolute Gasteiger partial charge is 0.365 e. The van der Waals surface area contributed by atoms with E-state index in [9.17, 15) is 13.2 Å². The van der Waals surface area contributed by atoms with Gasteiger partial charge in [0.15, 0.2) is 0 Å². The minimum atomic E-state index is -3.76. The first-order valence-electron chi connectivity index (χ1n) is 10.9. The first kappa shape index (κ1) is 24.2. The molecule has 2 N–H and O–H groups in total. The lowest BCUT2D eigenvalue weighted by molar-refractivity contribution is -0.114. The molecule has 0 radical (unpaired) electrons. The number of hydrogen-bond acceptors (Lipinski definition) is 6. The van der Waals surface area contributed by atoms with Gasteiger partial charge in [0.1, 0.15) is 10.7 Å². The third kappa shape index (κ3) is 5.85. The number of carbonyl (C=O) groups is 1. The van der Waals surface area contributed by atoms with Gasteiger partial charge in [-0.3, -0.25) is 4.79 Å². The van der Waals surface area contributed by atoms with Crippen LogP contribution in [0.3, 0.4) is 0 Å². The summed E-state index contributed by atoms with van der Waals surface area (Å²) >= 11 is 0. The second kappa shape index (κ2) is 10.4. The summed E-state index contributed by atoms with van der Waals surface area (Å²) in [4.78, 5) is 17.9. The van der Waals surface area contributed by atoms with Crippen LogP contribution in [0.5, 0.6) is 0 Å². The highest BCUT2D eigenvalue weighted by molar-refractivity contribution is 7.89. The van der Waals surface area contributed by atoms with Gasteiger partial charge in [-0.05, 0) is 56.8 Å². The molecule has 0 saturated heterocycles. The van der Waals surface area contributed by atoms with E-state index >= 15 is 0 Å². The lowest BCUT2D eigenvalue weighted by Gasteiger charge is -2.37. The van der Waals surface area contributed by atoms with E-state index < -0.39 is 10.0 Å². The molecule has 8 nitrogen and oxygen atoms in total. The first-order chi connectivity index (χ1) is 15.2. The fraction of sp³-hybridized carbons (Fsp3) is 0.478. The zero-order valence-corrected chi connectivity index (χ0v) is 20.0.